The summed E-state index contributed by atoms with van der Waals surface area (Å²) in [7, 11) is 0. The molecule has 1 amide bonds. The third-order valence-corrected chi connectivity index (χ3v) is 3.11. The first-order valence-electron chi connectivity index (χ1n) is 5.72. The normalized spacial score (nSPS) is 19.2. The Morgan fingerprint density at radius 2 is 2.18 bits per heavy atom. The molecule has 90 valence electrons. The molecule has 0 spiro atoms. The number of rotatable bonds is 5. The van der Waals surface area contributed by atoms with Gasteiger partial charge in [0.1, 0.15) is 6.61 Å². The van der Waals surface area contributed by atoms with Crippen molar-refractivity contribution in [2.45, 2.75) is 18.9 Å². The molecular formula is C13H15NO2S. The number of benzene rings is 1. The van der Waals surface area contributed by atoms with Crippen LogP contribution in [0.25, 0.3) is 0 Å². The summed E-state index contributed by atoms with van der Waals surface area (Å²) in [6.07, 6.45) is 1.35. The van der Waals surface area contributed by atoms with E-state index < -0.39 is 0 Å². The van der Waals surface area contributed by atoms with Gasteiger partial charge in [-0.2, -0.15) is 0 Å². The number of cyclic esters (lactones) is 1. The molecule has 0 bridgehead atoms. The molecular weight excluding hydrogens is 234 g/mol. The van der Waals surface area contributed by atoms with E-state index in [-0.39, 0.29) is 12.1 Å². The minimum Gasteiger partial charge on any atom is -0.447 e. The Bertz CT molecular complexity index is 394. The third-order valence-electron chi connectivity index (χ3n) is 2.88. The van der Waals surface area contributed by atoms with Crippen LogP contribution in [-0.4, -0.2) is 35.6 Å². The Balaban J connectivity index is 1.99. The fraction of sp³-hybridized carbons (Fsp3) is 0.385. The van der Waals surface area contributed by atoms with E-state index in [1.807, 2.05) is 18.2 Å². The Hall–Kier alpha value is -1.42. The zero-order chi connectivity index (χ0) is 12.1. The summed E-state index contributed by atoms with van der Waals surface area (Å²) < 4.78 is 5.09. The second kappa shape index (κ2) is 5.77. The van der Waals surface area contributed by atoms with Gasteiger partial charge in [0.2, 0.25) is 0 Å². The molecule has 0 aromatic heterocycles. The number of ether oxygens (including phenoxy) is 1. The molecule has 0 N–H and O–H groups in total. The van der Waals surface area contributed by atoms with Gasteiger partial charge in [-0.25, -0.2) is 4.79 Å². The van der Waals surface area contributed by atoms with Crippen LogP contribution in [-0.2, 0) is 11.2 Å². The van der Waals surface area contributed by atoms with Gasteiger partial charge in [0.15, 0.2) is 0 Å². The van der Waals surface area contributed by atoms with Crippen LogP contribution in [0.5, 0.6) is 0 Å². The van der Waals surface area contributed by atoms with Crippen molar-refractivity contribution in [2.75, 3.05) is 13.2 Å². The average molecular weight is 249 g/mol. The third kappa shape index (κ3) is 3.03. The summed E-state index contributed by atoms with van der Waals surface area (Å²) in [5, 5.41) is 1.66. The quantitative estimate of drug-likeness (QED) is 0.751. The Kier molecular flexibility index (Phi) is 4.09. The lowest BCUT2D eigenvalue weighted by atomic mass is 10.1. The van der Waals surface area contributed by atoms with E-state index in [9.17, 15) is 4.79 Å². The second-order valence-corrected chi connectivity index (χ2v) is 4.40. The maximum absolute atomic E-state index is 11.5. The maximum atomic E-state index is 11.5. The molecule has 0 unspecified atom stereocenters. The minimum atomic E-state index is -0.220. The first-order valence-corrected chi connectivity index (χ1v) is 6.19. The van der Waals surface area contributed by atoms with Crippen LogP contribution in [0.1, 0.15) is 12.0 Å². The van der Waals surface area contributed by atoms with Crippen molar-refractivity contribution < 1.29 is 9.53 Å². The lowest BCUT2D eigenvalue weighted by Gasteiger charge is -2.20. The summed E-state index contributed by atoms with van der Waals surface area (Å²) in [4.78, 5) is 13.3. The van der Waals surface area contributed by atoms with E-state index in [0.717, 1.165) is 12.8 Å². The average Bonchev–Trinajstić information content (AvgIpc) is 2.69. The van der Waals surface area contributed by atoms with Gasteiger partial charge in [0.05, 0.1) is 6.04 Å². The van der Waals surface area contributed by atoms with Crippen molar-refractivity contribution in [1.82, 2.24) is 4.90 Å². The predicted octanol–water partition coefficient (Wildman–Crippen LogP) is 2.44. The predicted molar refractivity (Wildman–Crippen MR) is 70.3 cm³/mol. The van der Waals surface area contributed by atoms with Crippen molar-refractivity contribution in [2.24, 2.45) is 0 Å². The van der Waals surface area contributed by atoms with Crippen LogP contribution in [0.3, 0.4) is 0 Å². The van der Waals surface area contributed by atoms with Gasteiger partial charge in [-0.3, -0.25) is 0 Å². The Morgan fingerprint density at radius 3 is 2.88 bits per heavy atom. The highest BCUT2D eigenvalue weighted by Crippen LogP contribution is 2.17. The van der Waals surface area contributed by atoms with Crippen molar-refractivity contribution in [3.63, 3.8) is 0 Å². The molecule has 1 atom stereocenters. The van der Waals surface area contributed by atoms with E-state index in [1.54, 1.807) is 10.3 Å². The number of hydrogen-bond acceptors (Lipinski definition) is 3. The van der Waals surface area contributed by atoms with E-state index in [1.165, 1.54) is 5.56 Å². The smallest absolute Gasteiger partial charge is 0.410 e. The molecule has 1 aliphatic rings. The van der Waals surface area contributed by atoms with Crippen LogP contribution in [0, 0.1) is 0 Å². The Morgan fingerprint density at radius 1 is 1.41 bits per heavy atom. The molecule has 1 aromatic rings. The molecule has 0 saturated carbocycles. The van der Waals surface area contributed by atoms with Gasteiger partial charge in [-0.1, -0.05) is 42.5 Å². The van der Waals surface area contributed by atoms with Crippen LogP contribution in [0.2, 0.25) is 0 Å². The van der Waals surface area contributed by atoms with E-state index in [0.29, 0.717) is 13.2 Å². The number of carbonyl (C=O) groups excluding carboxylic acids is 1. The molecule has 1 aromatic carbocycles. The largest absolute Gasteiger partial charge is 0.447 e. The van der Waals surface area contributed by atoms with E-state index in [2.05, 4.69) is 12.1 Å². The SMILES string of the molecule is O=C1OC[C@H](Cc2ccccc2)N1CCC=S. The standard InChI is InChI=1S/C13H15NO2S/c15-13-14(7-4-8-17)12(10-16-13)9-11-5-2-1-3-6-11/h1-3,5-6,8,12H,4,7,9-10H2/t12-/m0/s1. The number of carbonyl (C=O) groups is 1. The number of hydrogen-bond donors (Lipinski definition) is 0. The minimum absolute atomic E-state index is 0.139. The van der Waals surface area contributed by atoms with Gasteiger partial charge >= 0.3 is 6.09 Å². The van der Waals surface area contributed by atoms with Gasteiger partial charge in [0.25, 0.3) is 0 Å². The van der Waals surface area contributed by atoms with Crippen molar-refractivity contribution in [3.05, 3.63) is 35.9 Å². The second-order valence-electron chi connectivity index (χ2n) is 4.07. The molecule has 2 rings (SSSR count). The lowest BCUT2D eigenvalue weighted by Crippen LogP contribution is -2.35. The topological polar surface area (TPSA) is 29.5 Å². The fourth-order valence-corrected chi connectivity index (χ4v) is 2.12. The summed E-state index contributed by atoms with van der Waals surface area (Å²) in [5.41, 5.74) is 1.23. The molecule has 1 fully saturated rings. The molecule has 1 saturated heterocycles. The molecule has 17 heavy (non-hydrogen) atoms. The molecule has 0 aliphatic carbocycles. The fourth-order valence-electron chi connectivity index (χ4n) is 2.01. The van der Waals surface area contributed by atoms with E-state index in [4.69, 9.17) is 17.0 Å². The van der Waals surface area contributed by atoms with Crippen molar-refractivity contribution in [1.29, 1.82) is 0 Å². The first-order chi connectivity index (χ1) is 8.31. The van der Waals surface area contributed by atoms with Gasteiger partial charge in [-0.05, 0) is 23.8 Å². The van der Waals surface area contributed by atoms with Crippen LogP contribution >= 0.6 is 12.2 Å². The monoisotopic (exact) mass is 249 g/mol. The summed E-state index contributed by atoms with van der Waals surface area (Å²) >= 11 is 4.79. The summed E-state index contributed by atoms with van der Waals surface area (Å²) in [6.45, 7) is 1.13. The van der Waals surface area contributed by atoms with Crippen molar-refractivity contribution in [3.8, 4) is 0 Å². The highest BCUT2D eigenvalue weighted by atomic mass is 32.1. The zero-order valence-electron chi connectivity index (χ0n) is 9.54. The first kappa shape index (κ1) is 12.0. The Labute approximate surface area is 106 Å². The summed E-state index contributed by atoms with van der Waals surface area (Å²) in [5.74, 6) is 0. The molecule has 3 nitrogen and oxygen atoms in total. The van der Waals surface area contributed by atoms with E-state index >= 15 is 0 Å². The molecule has 1 heterocycles. The molecule has 1 aliphatic heterocycles. The highest BCUT2D eigenvalue weighted by Gasteiger charge is 2.31. The zero-order valence-corrected chi connectivity index (χ0v) is 10.4. The van der Waals surface area contributed by atoms with Crippen LogP contribution < -0.4 is 0 Å². The van der Waals surface area contributed by atoms with Gasteiger partial charge in [-0.15, -0.1) is 0 Å². The van der Waals surface area contributed by atoms with Crippen LogP contribution in [0.15, 0.2) is 30.3 Å². The number of amides is 1. The highest BCUT2D eigenvalue weighted by molar-refractivity contribution is 7.78. The summed E-state index contributed by atoms with van der Waals surface area (Å²) in [6, 6.07) is 10.3. The van der Waals surface area contributed by atoms with Gasteiger partial charge < -0.3 is 9.64 Å². The maximum Gasteiger partial charge on any atom is 0.410 e. The number of nitrogens with zero attached hydrogens (tertiary/aromatic N) is 1. The molecule has 4 heteroatoms. The number of thiocarbonyl (C=S) groups is 1. The lowest BCUT2D eigenvalue weighted by molar-refractivity contribution is 0.158. The van der Waals surface area contributed by atoms with Crippen LogP contribution in [0.4, 0.5) is 4.79 Å². The van der Waals surface area contributed by atoms with Crippen molar-refractivity contribution >= 4 is 23.7 Å². The molecule has 0 radical (unpaired) electrons. The van der Waals surface area contributed by atoms with Gasteiger partial charge in [0, 0.05) is 6.54 Å².